The van der Waals surface area contributed by atoms with Gasteiger partial charge in [0.05, 0.1) is 23.0 Å². The number of hydrogen-bond donors (Lipinski definition) is 0. The molecule has 1 saturated carbocycles. The van der Waals surface area contributed by atoms with Crippen LogP contribution in [-0.4, -0.2) is 52.4 Å². The highest BCUT2D eigenvalue weighted by Crippen LogP contribution is 2.38. The second-order valence-corrected chi connectivity index (χ2v) is 8.77. The number of amides is 1. The average molecular weight is 323 g/mol. The highest BCUT2D eigenvalue weighted by molar-refractivity contribution is 7.92. The third kappa shape index (κ3) is 2.25. The number of sulfone groups is 1. The first kappa shape index (κ1) is 13.9. The molecular formula is C14H17N3O4S. The highest BCUT2D eigenvalue weighted by atomic mass is 32.2. The van der Waals surface area contributed by atoms with Crippen molar-refractivity contribution < 1.29 is 13.2 Å². The van der Waals surface area contributed by atoms with E-state index in [2.05, 4.69) is 4.98 Å². The van der Waals surface area contributed by atoms with Crippen LogP contribution in [0.1, 0.15) is 30.9 Å². The lowest BCUT2D eigenvalue weighted by Crippen LogP contribution is -2.46. The first-order chi connectivity index (χ1) is 10.4. The van der Waals surface area contributed by atoms with Crippen LogP contribution in [0.25, 0.3) is 0 Å². The lowest BCUT2D eigenvalue weighted by atomic mass is 10.2. The molecule has 0 spiro atoms. The lowest BCUT2D eigenvalue weighted by molar-refractivity contribution is -0.132. The van der Waals surface area contributed by atoms with Gasteiger partial charge in [0.1, 0.15) is 6.54 Å². The summed E-state index contributed by atoms with van der Waals surface area (Å²) in [5.41, 5.74) is 0.585. The van der Waals surface area contributed by atoms with E-state index < -0.39 is 15.1 Å². The number of aromatic nitrogens is 2. The molecule has 2 bridgehead atoms. The minimum atomic E-state index is -3.02. The Hall–Kier alpha value is -1.70. The number of fused-ring (bicyclic) bond motifs is 2. The van der Waals surface area contributed by atoms with Gasteiger partial charge in [-0.15, -0.1) is 0 Å². The summed E-state index contributed by atoms with van der Waals surface area (Å²) >= 11 is 0. The van der Waals surface area contributed by atoms with Crippen molar-refractivity contribution in [3.63, 3.8) is 0 Å². The molecule has 2 unspecified atom stereocenters. The molecule has 22 heavy (non-hydrogen) atoms. The van der Waals surface area contributed by atoms with Crippen molar-refractivity contribution in [1.29, 1.82) is 0 Å². The van der Waals surface area contributed by atoms with E-state index in [9.17, 15) is 18.0 Å². The van der Waals surface area contributed by atoms with Crippen LogP contribution in [0.3, 0.4) is 0 Å². The molecule has 7 nitrogen and oxygen atoms in total. The molecule has 3 heterocycles. The van der Waals surface area contributed by atoms with Crippen molar-refractivity contribution in [2.24, 2.45) is 0 Å². The van der Waals surface area contributed by atoms with Gasteiger partial charge >= 0.3 is 0 Å². The van der Waals surface area contributed by atoms with Crippen LogP contribution in [-0.2, 0) is 21.2 Å². The van der Waals surface area contributed by atoms with Crippen LogP contribution in [0, 0.1) is 0 Å². The Morgan fingerprint density at radius 1 is 1.36 bits per heavy atom. The Morgan fingerprint density at radius 3 is 2.68 bits per heavy atom. The molecule has 0 N–H and O–H groups in total. The van der Waals surface area contributed by atoms with Crippen LogP contribution >= 0.6 is 0 Å². The molecular weight excluding hydrogens is 306 g/mol. The molecule has 2 saturated heterocycles. The SMILES string of the molecule is O=C(Cn1cnc(C2CC2)cc1=O)N1CC2CC1CS2(=O)=O. The summed E-state index contributed by atoms with van der Waals surface area (Å²) in [6.07, 6.45) is 4.10. The van der Waals surface area contributed by atoms with Crippen LogP contribution in [0.2, 0.25) is 0 Å². The van der Waals surface area contributed by atoms with E-state index in [-0.39, 0.29) is 36.4 Å². The van der Waals surface area contributed by atoms with Gasteiger partial charge in [-0.1, -0.05) is 0 Å². The predicted molar refractivity (Wildman–Crippen MR) is 78.2 cm³/mol. The maximum atomic E-state index is 12.3. The Labute approximate surface area is 127 Å². The van der Waals surface area contributed by atoms with Crippen LogP contribution in [0.15, 0.2) is 17.2 Å². The van der Waals surface area contributed by atoms with Gasteiger partial charge in [-0.25, -0.2) is 13.4 Å². The number of nitrogens with zero attached hydrogens (tertiary/aromatic N) is 3. The molecule has 3 fully saturated rings. The maximum absolute atomic E-state index is 12.3. The molecule has 4 rings (SSSR count). The highest BCUT2D eigenvalue weighted by Gasteiger charge is 2.49. The summed E-state index contributed by atoms with van der Waals surface area (Å²) in [5, 5.41) is -0.423. The maximum Gasteiger partial charge on any atom is 0.254 e. The Balaban J connectivity index is 1.48. The smallest absolute Gasteiger partial charge is 0.254 e. The third-order valence-electron chi connectivity index (χ3n) is 4.83. The van der Waals surface area contributed by atoms with Crippen molar-refractivity contribution in [2.75, 3.05) is 12.3 Å². The summed E-state index contributed by atoms with van der Waals surface area (Å²) in [6.45, 7) is 0.189. The molecule has 1 aromatic heterocycles. The van der Waals surface area contributed by atoms with Crippen LogP contribution < -0.4 is 5.56 Å². The quantitative estimate of drug-likeness (QED) is 0.749. The molecule has 1 aliphatic carbocycles. The molecule has 2 atom stereocenters. The van der Waals surface area contributed by atoms with Gasteiger partial charge in [-0.2, -0.15) is 0 Å². The normalized spacial score (nSPS) is 29.0. The lowest BCUT2D eigenvalue weighted by Gasteiger charge is -2.27. The van der Waals surface area contributed by atoms with Gasteiger partial charge in [-0.05, 0) is 19.3 Å². The fourth-order valence-corrected chi connectivity index (χ4v) is 5.43. The van der Waals surface area contributed by atoms with Crippen LogP contribution in [0.5, 0.6) is 0 Å². The fourth-order valence-electron chi connectivity index (χ4n) is 3.40. The van der Waals surface area contributed by atoms with Crippen molar-refractivity contribution >= 4 is 15.7 Å². The Kier molecular flexibility index (Phi) is 2.94. The molecule has 8 heteroatoms. The summed E-state index contributed by atoms with van der Waals surface area (Å²) in [6, 6.07) is 1.28. The van der Waals surface area contributed by atoms with Gasteiger partial charge < -0.3 is 4.90 Å². The number of rotatable bonds is 3. The molecule has 3 aliphatic rings. The van der Waals surface area contributed by atoms with E-state index in [4.69, 9.17) is 0 Å². The number of likely N-dealkylation sites (tertiary alicyclic amines) is 1. The minimum absolute atomic E-state index is 0.0528. The zero-order valence-corrected chi connectivity index (χ0v) is 12.8. The van der Waals surface area contributed by atoms with Crippen molar-refractivity contribution in [2.45, 2.75) is 43.0 Å². The second kappa shape index (κ2) is 4.65. The number of carbonyl (C=O) groups is 1. The Bertz CT molecular complexity index is 797. The van der Waals surface area contributed by atoms with Gasteiger partial charge in [0, 0.05) is 24.6 Å². The van der Waals surface area contributed by atoms with Gasteiger partial charge in [0.15, 0.2) is 9.84 Å². The summed E-state index contributed by atoms with van der Waals surface area (Å²) in [4.78, 5) is 30.2. The largest absolute Gasteiger partial charge is 0.336 e. The molecule has 118 valence electrons. The minimum Gasteiger partial charge on any atom is -0.336 e. The zero-order chi connectivity index (χ0) is 15.5. The predicted octanol–water partition coefficient (Wildman–Crippen LogP) is -0.481. The van der Waals surface area contributed by atoms with Gasteiger partial charge in [0.25, 0.3) is 5.56 Å². The van der Waals surface area contributed by atoms with E-state index in [1.165, 1.54) is 17.0 Å². The topological polar surface area (TPSA) is 89.3 Å². The standard InChI is InChI=1S/C14H17N3O4S/c18-13-4-12(9-1-2-9)15-8-16(13)6-14(19)17-5-11-3-10(17)7-22(11,20)21/h4,8-11H,1-3,5-7H2. The molecule has 1 aromatic rings. The first-order valence-corrected chi connectivity index (χ1v) is 9.23. The summed E-state index contributed by atoms with van der Waals surface area (Å²) < 4.78 is 24.7. The van der Waals surface area contributed by atoms with Crippen molar-refractivity contribution in [3.8, 4) is 0 Å². The zero-order valence-electron chi connectivity index (χ0n) is 12.0. The molecule has 2 aliphatic heterocycles. The van der Waals surface area contributed by atoms with Crippen molar-refractivity contribution in [1.82, 2.24) is 14.5 Å². The third-order valence-corrected chi connectivity index (χ3v) is 7.04. The summed E-state index contributed by atoms with van der Waals surface area (Å²) in [7, 11) is -3.02. The van der Waals surface area contributed by atoms with E-state index in [1.54, 1.807) is 4.90 Å². The number of carbonyl (C=O) groups excluding carboxylic acids is 1. The fraction of sp³-hybridized carbons (Fsp3) is 0.643. The van der Waals surface area contributed by atoms with E-state index in [0.29, 0.717) is 12.3 Å². The van der Waals surface area contributed by atoms with E-state index in [0.717, 1.165) is 18.5 Å². The van der Waals surface area contributed by atoms with Gasteiger partial charge in [-0.3, -0.25) is 14.2 Å². The van der Waals surface area contributed by atoms with Gasteiger partial charge in [0.2, 0.25) is 5.91 Å². The Morgan fingerprint density at radius 2 is 2.14 bits per heavy atom. The first-order valence-electron chi connectivity index (χ1n) is 7.51. The molecule has 1 amide bonds. The summed E-state index contributed by atoms with van der Waals surface area (Å²) in [5.74, 6) is 0.250. The monoisotopic (exact) mass is 323 g/mol. The van der Waals surface area contributed by atoms with E-state index in [1.807, 2.05) is 0 Å². The average Bonchev–Trinajstić information content (AvgIpc) is 3.15. The van der Waals surface area contributed by atoms with E-state index >= 15 is 0 Å². The number of hydrogen-bond acceptors (Lipinski definition) is 5. The molecule has 0 radical (unpaired) electrons. The van der Waals surface area contributed by atoms with Crippen LogP contribution in [0.4, 0.5) is 0 Å². The second-order valence-electron chi connectivity index (χ2n) is 6.44. The van der Waals surface area contributed by atoms with Crippen molar-refractivity contribution in [3.05, 3.63) is 28.4 Å². The molecule has 0 aromatic carbocycles.